The molecule has 9 heteroatoms. The minimum Gasteiger partial charge on any atom is -0.457 e. The maximum atomic E-state index is 14.0. The summed E-state index contributed by atoms with van der Waals surface area (Å²) >= 11 is 0. The van der Waals surface area contributed by atoms with Crippen molar-refractivity contribution >= 4 is 23.4 Å². The van der Waals surface area contributed by atoms with Gasteiger partial charge in [-0.3, -0.25) is 9.59 Å². The Morgan fingerprint density at radius 1 is 1.02 bits per heavy atom. The third kappa shape index (κ3) is 5.04. The van der Waals surface area contributed by atoms with E-state index in [1.54, 1.807) is 30.5 Å². The van der Waals surface area contributed by atoms with Crippen LogP contribution in [0.4, 0.5) is 5.82 Å². The van der Waals surface area contributed by atoms with Crippen molar-refractivity contribution in [3.63, 3.8) is 0 Å². The fraction of sp³-hybridized carbons (Fsp3) is 0.371. The number of allylic oxidation sites excluding steroid dienone is 1. The molecule has 5 atom stereocenters. The molecule has 2 aromatic carbocycles. The number of benzene rings is 2. The highest BCUT2D eigenvalue weighted by molar-refractivity contribution is 6.33. The van der Waals surface area contributed by atoms with Gasteiger partial charge in [-0.2, -0.15) is 0 Å². The number of epoxide rings is 1. The molecular weight excluding hydrogens is 560 g/mol. The number of pyridine rings is 1. The van der Waals surface area contributed by atoms with E-state index in [1.807, 2.05) is 43.3 Å². The number of ether oxygens (including phenoxy) is 2. The van der Waals surface area contributed by atoms with Crippen molar-refractivity contribution in [2.75, 3.05) is 12.3 Å². The van der Waals surface area contributed by atoms with Gasteiger partial charge in [0.15, 0.2) is 11.4 Å². The average molecular weight is 597 g/mol. The molecule has 0 bridgehead atoms. The summed E-state index contributed by atoms with van der Waals surface area (Å²) in [5.74, 6) is -1.84. The minimum atomic E-state index is -2.18. The zero-order valence-corrected chi connectivity index (χ0v) is 24.6. The topological polar surface area (TPSA) is 152 Å². The van der Waals surface area contributed by atoms with Crippen LogP contribution in [0.5, 0.6) is 0 Å². The SMILES string of the molecule is C/C(CCc1ccnc(N)c1)=C(/CO)C[C@@]12O[C@]1(C(=O)O[C@@H]1CC[C@H](Cc3ccccc3)[C@@H]1O)C(=O)c1ccccc1C2=O. The van der Waals surface area contributed by atoms with Crippen LogP contribution in [0.2, 0.25) is 0 Å². The zero-order chi connectivity index (χ0) is 31.1. The third-order valence-corrected chi connectivity index (χ3v) is 9.42. The van der Waals surface area contributed by atoms with E-state index in [9.17, 15) is 24.6 Å². The number of anilines is 1. The van der Waals surface area contributed by atoms with Crippen LogP contribution in [0, 0.1) is 5.92 Å². The molecule has 2 fully saturated rings. The van der Waals surface area contributed by atoms with Crippen LogP contribution in [0.3, 0.4) is 0 Å². The second-order valence-electron chi connectivity index (χ2n) is 12.1. The number of esters is 1. The second kappa shape index (κ2) is 11.7. The van der Waals surface area contributed by atoms with Gasteiger partial charge >= 0.3 is 5.97 Å². The first kappa shape index (κ1) is 29.9. The Morgan fingerprint density at radius 2 is 1.73 bits per heavy atom. The van der Waals surface area contributed by atoms with Gasteiger partial charge in [-0.15, -0.1) is 0 Å². The molecule has 3 aliphatic rings. The predicted octanol–water partition coefficient (Wildman–Crippen LogP) is 3.81. The Bertz CT molecular complexity index is 1640. The van der Waals surface area contributed by atoms with Crippen molar-refractivity contribution in [2.24, 2.45) is 5.92 Å². The molecule has 1 aromatic heterocycles. The van der Waals surface area contributed by atoms with Crippen molar-refractivity contribution in [3.8, 4) is 0 Å². The normalized spacial score (nSPS) is 27.8. The van der Waals surface area contributed by atoms with E-state index in [-0.39, 0.29) is 30.1 Å². The highest BCUT2D eigenvalue weighted by Crippen LogP contribution is 2.59. The molecule has 9 nitrogen and oxygen atoms in total. The summed E-state index contributed by atoms with van der Waals surface area (Å²) in [7, 11) is 0. The lowest BCUT2D eigenvalue weighted by Crippen LogP contribution is -2.52. The van der Waals surface area contributed by atoms with Gasteiger partial charge in [0.05, 0.1) is 12.7 Å². The molecule has 0 amide bonds. The van der Waals surface area contributed by atoms with Crippen molar-refractivity contribution < 1.29 is 34.1 Å². The van der Waals surface area contributed by atoms with Gasteiger partial charge in [0, 0.05) is 23.7 Å². The van der Waals surface area contributed by atoms with E-state index in [1.165, 1.54) is 6.07 Å². The summed E-state index contributed by atoms with van der Waals surface area (Å²) in [6.45, 7) is 1.46. The van der Waals surface area contributed by atoms with Gasteiger partial charge in [0.1, 0.15) is 11.9 Å². The second-order valence-corrected chi connectivity index (χ2v) is 12.1. The molecule has 1 saturated carbocycles. The predicted molar refractivity (Wildman–Crippen MR) is 162 cm³/mol. The summed E-state index contributed by atoms with van der Waals surface area (Å²) < 4.78 is 11.9. The first-order valence-corrected chi connectivity index (χ1v) is 15.0. The Morgan fingerprint density at radius 3 is 2.43 bits per heavy atom. The molecule has 0 unspecified atom stereocenters. The molecule has 2 heterocycles. The van der Waals surface area contributed by atoms with E-state index in [0.717, 1.165) is 16.7 Å². The number of fused-ring (bicyclic) bond motifs is 2. The summed E-state index contributed by atoms with van der Waals surface area (Å²) in [5.41, 5.74) is 5.40. The maximum Gasteiger partial charge on any atom is 0.350 e. The fourth-order valence-corrected chi connectivity index (χ4v) is 6.81. The first-order chi connectivity index (χ1) is 21.2. The number of carbonyl (C=O) groups excluding carboxylic acids is 3. The van der Waals surface area contributed by atoms with Crippen molar-refractivity contribution in [1.29, 1.82) is 0 Å². The van der Waals surface area contributed by atoms with Crippen LogP contribution < -0.4 is 5.73 Å². The number of hydrogen-bond donors (Lipinski definition) is 3. The Balaban J connectivity index is 1.26. The molecule has 6 rings (SSSR count). The van der Waals surface area contributed by atoms with Gasteiger partial charge < -0.3 is 25.4 Å². The number of nitrogens with two attached hydrogens (primary N) is 1. The summed E-state index contributed by atoms with van der Waals surface area (Å²) in [4.78, 5) is 46.0. The monoisotopic (exact) mass is 596 g/mol. The molecule has 4 N–H and O–H groups in total. The van der Waals surface area contributed by atoms with Crippen LogP contribution in [-0.4, -0.2) is 62.7 Å². The molecule has 2 aliphatic carbocycles. The van der Waals surface area contributed by atoms with E-state index < -0.39 is 40.9 Å². The molecule has 3 aromatic rings. The number of carbonyl (C=O) groups is 3. The first-order valence-electron chi connectivity index (χ1n) is 15.0. The summed E-state index contributed by atoms with van der Waals surface area (Å²) in [6.07, 6.45) is 2.56. The van der Waals surface area contributed by atoms with E-state index in [2.05, 4.69) is 4.98 Å². The smallest absolute Gasteiger partial charge is 0.350 e. The highest BCUT2D eigenvalue weighted by atomic mass is 16.7. The number of rotatable bonds is 10. The molecular formula is C35H36N2O7. The number of aryl methyl sites for hydroxylation is 1. The van der Waals surface area contributed by atoms with Crippen LogP contribution in [-0.2, 0) is 27.1 Å². The van der Waals surface area contributed by atoms with Crippen molar-refractivity contribution in [2.45, 2.75) is 68.9 Å². The molecule has 44 heavy (non-hydrogen) atoms. The fourth-order valence-electron chi connectivity index (χ4n) is 6.81. The van der Waals surface area contributed by atoms with Crippen LogP contribution in [0.15, 0.2) is 84.1 Å². The number of Topliss-reactive ketones (excluding diaryl/α,β-unsaturated/α-hetero) is 2. The highest BCUT2D eigenvalue weighted by Gasteiger charge is 2.85. The summed E-state index contributed by atoms with van der Waals surface area (Å²) in [5, 5.41) is 21.5. The van der Waals surface area contributed by atoms with Gasteiger partial charge in [0.2, 0.25) is 5.78 Å². The number of nitrogen functional groups attached to an aromatic ring is 1. The zero-order valence-electron chi connectivity index (χ0n) is 24.6. The van der Waals surface area contributed by atoms with Gasteiger partial charge in [0.25, 0.3) is 5.60 Å². The van der Waals surface area contributed by atoms with Crippen molar-refractivity contribution in [1.82, 2.24) is 4.98 Å². The molecule has 1 aliphatic heterocycles. The molecule has 228 valence electrons. The third-order valence-electron chi connectivity index (χ3n) is 9.42. The van der Waals surface area contributed by atoms with E-state index in [4.69, 9.17) is 15.2 Å². The lowest BCUT2D eigenvalue weighted by molar-refractivity contribution is -0.158. The van der Waals surface area contributed by atoms with Crippen LogP contribution in [0.1, 0.15) is 64.4 Å². The van der Waals surface area contributed by atoms with E-state index in [0.29, 0.717) is 43.5 Å². The Kier molecular flexibility index (Phi) is 7.96. The number of ketones is 2. The largest absolute Gasteiger partial charge is 0.457 e. The molecule has 0 radical (unpaired) electrons. The molecule has 1 saturated heterocycles. The summed E-state index contributed by atoms with van der Waals surface area (Å²) in [6, 6.07) is 19.7. The number of aliphatic hydroxyl groups excluding tert-OH is 2. The number of nitrogens with zero attached hydrogens (tertiary/aromatic N) is 1. The van der Waals surface area contributed by atoms with Crippen LogP contribution >= 0.6 is 0 Å². The van der Waals surface area contributed by atoms with Crippen molar-refractivity contribution in [3.05, 3.63) is 106 Å². The maximum absolute atomic E-state index is 14.0. The van der Waals surface area contributed by atoms with E-state index >= 15 is 0 Å². The lowest BCUT2D eigenvalue weighted by Gasteiger charge is -2.27. The quantitative estimate of drug-likeness (QED) is 0.137. The van der Waals surface area contributed by atoms with Crippen LogP contribution in [0.25, 0.3) is 0 Å². The Labute approximate surface area is 255 Å². The number of hydrogen-bond acceptors (Lipinski definition) is 9. The standard InChI is InChI=1S/C35H36N2O7/c1-21(11-12-23-15-16-37-29(36)18-23)25(20-38)19-34-31(40)26-9-5-6-10-27(26)32(41)35(34,44-34)33(42)43-28-14-13-24(30(28)39)17-22-7-3-2-4-8-22/h2-10,15-16,18,24,28,30,38-39H,11-14,17,19-20H2,1H3,(H2,36,37)/b25-21-/t24-,28-,30+,34+,35+/m1/s1. The minimum absolute atomic E-state index is 0.0954. The number of aromatic nitrogens is 1. The molecule has 0 spiro atoms. The number of aliphatic hydroxyl groups is 2. The average Bonchev–Trinajstić information content (AvgIpc) is 3.64. The Hall–Kier alpha value is -4.18. The van der Waals surface area contributed by atoms with Gasteiger partial charge in [-0.1, -0.05) is 60.2 Å². The van der Waals surface area contributed by atoms with Gasteiger partial charge in [-0.25, -0.2) is 9.78 Å². The lowest BCUT2D eigenvalue weighted by atomic mass is 9.71. The van der Waals surface area contributed by atoms with Gasteiger partial charge in [-0.05, 0) is 73.8 Å².